The molecule has 0 saturated heterocycles. The Morgan fingerprint density at radius 3 is 2.46 bits per heavy atom. The van der Waals surface area contributed by atoms with E-state index in [0.29, 0.717) is 6.54 Å². The highest BCUT2D eigenvalue weighted by atomic mass is 16.3. The van der Waals surface area contributed by atoms with Gasteiger partial charge in [-0.15, -0.1) is 0 Å². The average molecular weight is 187 g/mol. The smallest absolute Gasteiger partial charge is 0.0636 e. The third-order valence-electron chi connectivity index (χ3n) is 2.94. The minimum Gasteiger partial charge on any atom is -0.396 e. The summed E-state index contributed by atoms with van der Waals surface area (Å²) in [4.78, 5) is 0. The molecule has 0 unspecified atom stereocenters. The lowest BCUT2D eigenvalue weighted by Crippen LogP contribution is -2.37. The molecule has 0 aromatic heterocycles. The van der Waals surface area contributed by atoms with E-state index in [1.165, 1.54) is 12.8 Å². The third kappa shape index (κ3) is 3.25. The first-order valence-corrected chi connectivity index (χ1v) is 5.18. The van der Waals surface area contributed by atoms with Crippen molar-refractivity contribution in [2.75, 3.05) is 19.7 Å². The number of nitrogens with one attached hydrogen (secondary N) is 1. The summed E-state index contributed by atoms with van der Waals surface area (Å²) in [6.07, 6.45) is 4.41. The van der Waals surface area contributed by atoms with Gasteiger partial charge in [-0.2, -0.15) is 0 Å². The molecule has 0 bridgehead atoms. The highest BCUT2D eigenvalue weighted by Crippen LogP contribution is 2.36. The molecule has 3 heteroatoms. The van der Waals surface area contributed by atoms with E-state index in [1.807, 2.05) is 0 Å². The summed E-state index contributed by atoms with van der Waals surface area (Å²) in [6, 6.07) is 0. The van der Waals surface area contributed by atoms with Crippen LogP contribution in [-0.4, -0.2) is 36.0 Å². The highest BCUT2D eigenvalue weighted by Gasteiger charge is 2.32. The molecule has 1 fully saturated rings. The van der Waals surface area contributed by atoms with Gasteiger partial charge >= 0.3 is 0 Å². The van der Waals surface area contributed by atoms with Crippen LogP contribution in [-0.2, 0) is 0 Å². The molecule has 0 aliphatic heterocycles. The summed E-state index contributed by atoms with van der Waals surface area (Å²) in [5, 5.41) is 21.5. The van der Waals surface area contributed by atoms with Crippen molar-refractivity contribution in [2.24, 2.45) is 5.41 Å². The molecule has 0 amide bonds. The van der Waals surface area contributed by atoms with Crippen molar-refractivity contribution >= 4 is 0 Å². The van der Waals surface area contributed by atoms with Gasteiger partial charge in [-0.1, -0.05) is 12.8 Å². The van der Waals surface area contributed by atoms with Gasteiger partial charge in [0, 0.05) is 25.1 Å². The van der Waals surface area contributed by atoms with E-state index in [-0.39, 0.29) is 18.1 Å². The van der Waals surface area contributed by atoms with Crippen molar-refractivity contribution < 1.29 is 10.2 Å². The number of aliphatic hydroxyl groups is 2. The van der Waals surface area contributed by atoms with Crippen LogP contribution in [0.2, 0.25) is 0 Å². The molecule has 78 valence electrons. The SMILES string of the molecule is C[C@@H](O)CNCC1(CO)CCCC1. The normalized spacial score (nSPS) is 23.3. The summed E-state index contributed by atoms with van der Waals surface area (Å²) in [7, 11) is 0. The van der Waals surface area contributed by atoms with Gasteiger partial charge in [0.15, 0.2) is 0 Å². The van der Waals surface area contributed by atoms with E-state index in [4.69, 9.17) is 5.11 Å². The van der Waals surface area contributed by atoms with Gasteiger partial charge in [-0.3, -0.25) is 0 Å². The predicted molar refractivity (Wildman–Crippen MR) is 52.5 cm³/mol. The standard InChI is InChI=1S/C10H21NO2/c1-9(13)6-11-7-10(8-12)4-2-3-5-10/h9,11-13H,2-8H2,1H3/t9-/m1/s1. The summed E-state index contributed by atoms with van der Waals surface area (Å²) >= 11 is 0. The van der Waals surface area contributed by atoms with Gasteiger partial charge in [0.1, 0.15) is 0 Å². The van der Waals surface area contributed by atoms with E-state index in [9.17, 15) is 5.11 Å². The van der Waals surface area contributed by atoms with E-state index in [2.05, 4.69) is 5.32 Å². The van der Waals surface area contributed by atoms with Crippen LogP contribution in [0.5, 0.6) is 0 Å². The molecule has 3 N–H and O–H groups in total. The first kappa shape index (κ1) is 11.0. The van der Waals surface area contributed by atoms with Crippen molar-refractivity contribution in [3.8, 4) is 0 Å². The van der Waals surface area contributed by atoms with Crippen molar-refractivity contribution in [3.05, 3.63) is 0 Å². The summed E-state index contributed by atoms with van der Waals surface area (Å²) < 4.78 is 0. The molecule has 1 aliphatic rings. The molecule has 3 nitrogen and oxygen atoms in total. The van der Waals surface area contributed by atoms with Crippen molar-refractivity contribution in [2.45, 2.75) is 38.7 Å². The minimum atomic E-state index is -0.294. The molecule has 0 spiro atoms. The topological polar surface area (TPSA) is 52.5 Å². The lowest BCUT2D eigenvalue weighted by Gasteiger charge is -2.27. The summed E-state index contributed by atoms with van der Waals surface area (Å²) in [5.41, 5.74) is 0.106. The Morgan fingerprint density at radius 1 is 1.38 bits per heavy atom. The predicted octanol–water partition coefficient (Wildman–Crippen LogP) is 0.509. The largest absolute Gasteiger partial charge is 0.396 e. The zero-order valence-corrected chi connectivity index (χ0v) is 8.42. The number of hydrogen-bond acceptors (Lipinski definition) is 3. The Balaban J connectivity index is 2.23. The fraction of sp³-hybridized carbons (Fsp3) is 1.00. The molecule has 1 aliphatic carbocycles. The second kappa shape index (κ2) is 4.94. The van der Waals surface area contributed by atoms with Crippen LogP contribution >= 0.6 is 0 Å². The molecule has 0 aromatic carbocycles. The molecule has 1 rings (SSSR count). The van der Waals surface area contributed by atoms with Crippen LogP contribution in [0.1, 0.15) is 32.6 Å². The second-order valence-electron chi connectivity index (χ2n) is 4.35. The second-order valence-corrected chi connectivity index (χ2v) is 4.35. The van der Waals surface area contributed by atoms with Gasteiger partial charge in [-0.25, -0.2) is 0 Å². The molecule has 1 atom stereocenters. The monoisotopic (exact) mass is 187 g/mol. The van der Waals surface area contributed by atoms with Gasteiger partial charge in [0.05, 0.1) is 6.10 Å². The molecule has 13 heavy (non-hydrogen) atoms. The van der Waals surface area contributed by atoms with Crippen LogP contribution in [0, 0.1) is 5.41 Å². The molecule has 1 saturated carbocycles. The summed E-state index contributed by atoms with van der Waals surface area (Å²) in [6.45, 7) is 3.52. The molecule has 0 heterocycles. The summed E-state index contributed by atoms with van der Waals surface area (Å²) in [5.74, 6) is 0. The fourth-order valence-electron chi connectivity index (χ4n) is 2.06. The van der Waals surface area contributed by atoms with Crippen molar-refractivity contribution in [3.63, 3.8) is 0 Å². The van der Waals surface area contributed by atoms with Gasteiger partial charge in [0.2, 0.25) is 0 Å². The van der Waals surface area contributed by atoms with Crippen LogP contribution in [0.3, 0.4) is 0 Å². The van der Waals surface area contributed by atoms with Crippen LogP contribution in [0.25, 0.3) is 0 Å². The van der Waals surface area contributed by atoms with Crippen molar-refractivity contribution in [1.82, 2.24) is 5.32 Å². The van der Waals surface area contributed by atoms with Crippen LogP contribution < -0.4 is 5.32 Å². The van der Waals surface area contributed by atoms with E-state index in [0.717, 1.165) is 19.4 Å². The highest BCUT2D eigenvalue weighted by molar-refractivity contribution is 4.86. The third-order valence-corrected chi connectivity index (χ3v) is 2.94. The Kier molecular flexibility index (Phi) is 4.16. The Labute approximate surface area is 80.2 Å². The Morgan fingerprint density at radius 2 is 2.00 bits per heavy atom. The maximum Gasteiger partial charge on any atom is 0.0636 e. The first-order chi connectivity index (χ1) is 6.18. The molecule has 0 aromatic rings. The maximum atomic E-state index is 9.28. The Bertz CT molecular complexity index is 142. The zero-order valence-electron chi connectivity index (χ0n) is 8.42. The lowest BCUT2D eigenvalue weighted by atomic mass is 9.87. The number of aliphatic hydroxyl groups excluding tert-OH is 2. The van der Waals surface area contributed by atoms with Crippen LogP contribution in [0.4, 0.5) is 0 Å². The van der Waals surface area contributed by atoms with Gasteiger partial charge in [-0.05, 0) is 19.8 Å². The fourth-order valence-corrected chi connectivity index (χ4v) is 2.06. The maximum absolute atomic E-state index is 9.28. The molecule has 0 radical (unpaired) electrons. The minimum absolute atomic E-state index is 0.106. The van der Waals surface area contributed by atoms with E-state index in [1.54, 1.807) is 6.92 Å². The lowest BCUT2D eigenvalue weighted by molar-refractivity contribution is 0.120. The average Bonchev–Trinajstić information content (AvgIpc) is 2.53. The number of rotatable bonds is 5. The van der Waals surface area contributed by atoms with E-state index >= 15 is 0 Å². The molecular formula is C10H21NO2. The quantitative estimate of drug-likeness (QED) is 0.588. The first-order valence-electron chi connectivity index (χ1n) is 5.18. The van der Waals surface area contributed by atoms with Gasteiger partial charge < -0.3 is 15.5 Å². The molecular weight excluding hydrogens is 166 g/mol. The number of hydrogen-bond donors (Lipinski definition) is 3. The van der Waals surface area contributed by atoms with E-state index < -0.39 is 0 Å². The van der Waals surface area contributed by atoms with Crippen molar-refractivity contribution in [1.29, 1.82) is 0 Å². The van der Waals surface area contributed by atoms with Crippen LogP contribution in [0.15, 0.2) is 0 Å². The Hall–Kier alpha value is -0.120. The zero-order chi connectivity index (χ0) is 9.73. The van der Waals surface area contributed by atoms with Gasteiger partial charge in [0.25, 0.3) is 0 Å².